The molecule has 0 atom stereocenters. The van der Waals surface area contributed by atoms with E-state index in [2.05, 4.69) is 15.7 Å². The van der Waals surface area contributed by atoms with Crippen LogP contribution in [0.1, 0.15) is 5.56 Å². The van der Waals surface area contributed by atoms with Gasteiger partial charge in [0.1, 0.15) is 5.75 Å². The highest BCUT2D eigenvalue weighted by molar-refractivity contribution is 5.93. The molecule has 1 amide bonds. The predicted octanol–water partition coefficient (Wildman–Crippen LogP) is 3.24. The molecule has 0 aliphatic heterocycles. The average molecular weight is 336 g/mol. The summed E-state index contributed by atoms with van der Waals surface area (Å²) in [7, 11) is 1.61. The monoisotopic (exact) mass is 336 g/mol. The number of amides is 1. The van der Waals surface area contributed by atoms with Crippen molar-refractivity contribution in [1.29, 1.82) is 0 Å². The van der Waals surface area contributed by atoms with Crippen molar-refractivity contribution in [2.75, 3.05) is 24.3 Å². The Balaban J connectivity index is 1.62. The second kappa shape index (κ2) is 7.53. The van der Waals surface area contributed by atoms with Crippen LogP contribution in [0.5, 0.6) is 5.75 Å². The lowest BCUT2D eigenvalue weighted by Gasteiger charge is -2.12. The molecule has 6 nitrogen and oxygen atoms in total. The first kappa shape index (κ1) is 16.6. The molecule has 0 bridgehead atoms. The Bertz CT molecular complexity index is 842. The van der Waals surface area contributed by atoms with Crippen molar-refractivity contribution in [3.8, 4) is 11.4 Å². The summed E-state index contributed by atoms with van der Waals surface area (Å²) in [5, 5.41) is 10.3. The van der Waals surface area contributed by atoms with Gasteiger partial charge < -0.3 is 15.4 Å². The molecule has 2 aromatic carbocycles. The number of benzene rings is 2. The lowest BCUT2D eigenvalue weighted by molar-refractivity contribution is -0.114. The molecule has 0 radical (unpaired) electrons. The van der Waals surface area contributed by atoms with Gasteiger partial charge in [0.2, 0.25) is 5.91 Å². The van der Waals surface area contributed by atoms with Crippen LogP contribution in [0.15, 0.2) is 60.9 Å². The molecule has 2 N–H and O–H groups in total. The van der Waals surface area contributed by atoms with Gasteiger partial charge in [0, 0.05) is 23.8 Å². The van der Waals surface area contributed by atoms with Crippen LogP contribution in [0.2, 0.25) is 0 Å². The fourth-order valence-corrected chi connectivity index (χ4v) is 2.42. The average Bonchev–Trinajstić information content (AvgIpc) is 3.16. The molecule has 0 spiro atoms. The maximum Gasteiger partial charge on any atom is 0.243 e. The first-order valence-electron chi connectivity index (χ1n) is 7.94. The molecule has 6 heteroatoms. The van der Waals surface area contributed by atoms with Gasteiger partial charge in [-0.2, -0.15) is 5.10 Å². The van der Waals surface area contributed by atoms with Crippen LogP contribution in [-0.2, 0) is 4.79 Å². The fourth-order valence-electron chi connectivity index (χ4n) is 2.42. The number of ether oxygens (including phenoxy) is 1. The zero-order valence-corrected chi connectivity index (χ0v) is 14.2. The van der Waals surface area contributed by atoms with E-state index in [1.165, 1.54) is 0 Å². The van der Waals surface area contributed by atoms with Gasteiger partial charge in [-0.3, -0.25) is 4.79 Å². The first-order chi connectivity index (χ1) is 12.2. The van der Waals surface area contributed by atoms with Crippen molar-refractivity contribution >= 4 is 17.3 Å². The number of hydrogen-bond donors (Lipinski definition) is 2. The summed E-state index contributed by atoms with van der Waals surface area (Å²) in [4.78, 5) is 12.1. The summed E-state index contributed by atoms with van der Waals surface area (Å²) in [5.74, 6) is 0.635. The minimum atomic E-state index is -0.117. The lowest BCUT2D eigenvalue weighted by Crippen LogP contribution is -2.22. The molecule has 0 saturated carbocycles. The molecule has 0 saturated heterocycles. The molecule has 1 heterocycles. The number of rotatable bonds is 6. The van der Waals surface area contributed by atoms with Gasteiger partial charge in [-0.25, -0.2) is 4.68 Å². The Morgan fingerprint density at radius 1 is 1.20 bits per heavy atom. The van der Waals surface area contributed by atoms with Gasteiger partial charge in [-0.05, 0) is 55.0 Å². The molecule has 0 unspecified atom stereocenters. The fraction of sp³-hybridized carbons (Fsp3) is 0.158. The quantitative estimate of drug-likeness (QED) is 0.725. The molecular weight excluding hydrogens is 316 g/mol. The number of aromatic nitrogens is 2. The first-order valence-corrected chi connectivity index (χ1v) is 7.94. The van der Waals surface area contributed by atoms with Gasteiger partial charge in [0.05, 0.1) is 19.3 Å². The van der Waals surface area contributed by atoms with Crippen LogP contribution in [0.25, 0.3) is 5.69 Å². The third-order valence-corrected chi connectivity index (χ3v) is 3.80. The Morgan fingerprint density at radius 3 is 2.68 bits per heavy atom. The highest BCUT2D eigenvalue weighted by Crippen LogP contribution is 2.19. The number of aryl methyl sites for hydroxylation is 1. The van der Waals surface area contributed by atoms with Gasteiger partial charge in [-0.15, -0.1) is 0 Å². The molecule has 0 fully saturated rings. The van der Waals surface area contributed by atoms with E-state index in [9.17, 15) is 4.79 Å². The summed E-state index contributed by atoms with van der Waals surface area (Å²) >= 11 is 0. The Labute approximate surface area is 146 Å². The lowest BCUT2D eigenvalue weighted by atomic mass is 10.2. The van der Waals surface area contributed by atoms with E-state index in [4.69, 9.17) is 4.74 Å². The van der Waals surface area contributed by atoms with Crippen molar-refractivity contribution < 1.29 is 9.53 Å². The maximum atomic E-state index is 12.1. The third-order valence-electron chi connectivity index (χ3n) is 3.80. The van der Waals surface area contributed by atoms with Crippen molar-refractivity contribution in [1.82, 2.24) is 9.78 Å². The number of nitrogens with one attached hydrogen (secondary N) is 2. The topological polar surface area (TPSA) is 68.2 Å². The van der Waals surface area contributed by atoms with Crippen LogP contribution in [-0.4, -0.2) is 29.3 Å². The van der Waals surface area contributed by atoms with Crippen molar-refractivity contribution in [2.24, 2.45) is 0 Å². The van der Waals surface area contributed by atoms with E-state index in [-0.39, 0.29) is 12.5 Å². The number of carbonyl (C=O) groups excluding carboxylic acids is 1. The molecule has 25 heavy (non-hydrogen) atoms. The summed E-state index contributed by atoms with van der Waals surface area (Å²) in [5.41, 5.74) is 3.63. The standard InChI is InChI=1S/C19H20N4O2/c1-14-4-7-16(23-11-3-10-21-23)12-18(14)20-13-19(24)22-15-5-8-17(25-2)9-6-15/h3-12,20H,13H2,1-2H3,(H,22,24). The molecule has 3 rings (SSSR count). The molecule has 0 aliphatic rings. The Morgan fingerprint density at radius 2 is 2.00 bits per heavy atom. The zero-order chi connectivity index (χ0) is 17.6. The largest absolute Gasteiger partial charge is 0.497 e. The van der Waals surface area contributed by atoms with E-state index in [1.54, 1.807) is 42.3 Å². The van der Waals surface area contributed by atoms with Crippen molar-refractivity contribution in [2.45, 2.75) is 6.92 Å². The Hall–Kier alpha value is -3.28. The van der Waals surface area contributed by atoms with Crippen LogP contribution in [0.3, 0.4) is 0 Å². The van der Waals surface area contributed by atoms with E-state index in [0.29, 0.717) is 0 Å². The normalized spacial score (nSPS) is 10.3. The summed E-state index contributed by atoms with van der Waals surface area (Å²) < 4.78 is 6.88. The number of nitrogens with zero attached hydrogens (tertiary/aromatic N) is 2. The molecular formula is C19H20N4O2. The smallest absolute Gasteiger partial charge is 0.243 e. The number of carbonyl (C=O) groups is 1. The molecule has 1 aromatic heterocycles. The minimum absolute atomic E-state index is 0.117. The second-order valence-electron chi connectivity index (χ2n) is 5.58. The van der Waals surface area contributed by atoms with E-state index >= 15 is 0 Å². The Kier molecular flexibility index (Phi) is 4.99. The van der Waals surface area contributed by atoms with Crippen LogP contribution in [0.4, 0.5) is 11.4 Å². The highest BCUT2D eigenvalue weighted by Gasteiger charge is 2.06. The van der Waals surface area contributed by atoms with Crippen molar-refractivity contribution in [3.05, 3.63) is 66.5 Å². The molecule has 0 aliphatic carbocycles. The second-order valence-corrected chi connectivity index (χ2v) is 5.58. The maximum absolute atomic E-state index is 12.1. The van der Waals surface area contributed by atoms with Crippen LogP contribution < -0.4 is 15.4 Å². The number of hydrogen-bond acceptors (Lipinski definition) is 4. The van der Waals surface area contributed by atoms with Gasteiger partial charge in [0.15, 0.2) is 0 Å². The van der Waals surface area contributed by atoms with E-state index in [1.807, 2.05) is 37.4 Å². The van der Waals surface area contributed by atoms with Crippen LogP contribution in [0, 0.1) is 6.92 Å². The molecule has 128 valence electrons. The highest BCUT2D eigenvalue weighted by atomic mass is 16.5. The summed E-state index contributed by atoms with van der Waals surface area (Å²) in [6.45, 7) is 2.17. The zero-order valence-electron chi connectivity index (χ0n) is 14.2. The van der Waals surface area contributed by atoms with Gasteiger partial charge >= 0.3 is 0 Å². The molecule has 3 aromatic rings. The van der Waals surface area contributed by atoms with E-state index in [0.717, 1.165) is 28.4 Å². The third kappa shape index (κ3) is 4.17. The van der Waals surface area contributed by atoms with E-state index < -0.39 is 0 Å². The van der Waals surface area contributed by atoms with Gasteiger partial charge in [-0.1, -0.05) is 6.07 Å². The summed E-state index contributed by atoms with van der Waals surface area (Å²) in [6, 6.07) is 15.1. The predicted molar refractivity (Wildman–Crippen MR) is 98.4 cm³/mol. The van der Waals surface area contributed by atoms with Crippen molar-refractivity contribution in [3.63, 3.8) is 0 Å². The number of methoxy groups -OCH3 is 1. The minimum Gasteiger partial charge on any atom is -0.497 e. The summed E-state index contributed by atoms with van der Waals surface area (Å²) in [6.07, 6.45) is 3.61. The van der Waals surface area contributed by atoms with Crippen LogP contribution >= 0.6 is 0 Å². The number of anilines is 2. The van der Waals surface area contributed by atoms with Gasteiger partial charge in [0.25, 0.3) is 0 Å². The SMILES string of the molecule is COc1ccc(NC(=O)CNc2cc(-n3cccn3)ccc2C)cc1.